The quantitative estimate of drug-likeness (QED) is 0.250. The second kappa shape index (κ2) is 10.0. The molecular weight excluding hydrogens is 517 g/mol. The van der Waals surface area contributed by atoms with E-state index < -0.39 is 22.7 Å². The van der Waals surface area contributed by atoms with Crippen molar-refractivity contribution in [2.45, 2.75) is 6.18 Å². The molecule has 0 aliphatic carbocycles. The zero-order valence-electron chi connectivity index (χ0n) is 19.3. The maximum atomic E-state index is 13.1. The highest BCUT2D eigenvalue weighted by Crippen LogP contribution is 2.35. The van der Waals surface area contributed by atoms with Crippen LogP contribution >= 0.6 is 11.6 Å². The van der Waals surface area contributed by atoms with Gasteiger partial charge in [0.2, 0.25) is 0 Å². The van der Waals surface area contributed by atoms with E-state index in [0.717, 1.165) is 11.6 Å². The Morgan fingerprint density at radius 1 is 0.816 bits per heavy atom. The molecule has 0 aliphatic rings. The standard InChI is InChI=1S/C28H16ClF3N4O2/c29-22-9-5-18(12-21(22)28(30,31)32)27(38)35-20-7-3-16(4-8-20)26(37)17-6-10-23-24(13-17)36-25(15-34-23)19-2-1-11-33-14-19/h1-15H,(H,35,38). The van der Waals surface area contributed by atoms with Crippen LogP contribution in [0.5, 0.6) is 0 Å². The molecule has 0 saturated heterocycles. The minimum absolute atomic E-state index is 0.204. The lowest BCUT2D eigenvalue weighted by Gasteiger charge is -2.11. The monoisotopic (exact) mass is 532 g/mol. The molecule has 1 N–H and O–H groups in total. The van der Waals surface area contributed by atoms with Gasteiger partial charge in [0.25, 0.3) is 5.91 Å². The second-order valence-corrected chi connectivity index (χ2v) is 8.66. The fraction of sp³-hybridized carbons (Fsp3) is 0.0357. The van der Waals surface area contributed by atoms with Gasteiger partial charge in [0.15, 0.2) is 5.78 Å². The van der Waals surface area contributed by atoms with Crippen LogP contribution in [0.2, 0.25) is 5.02 Å². The summed E-state index contributed by atoms with van der Waals surface area (Å²) in [5.74, 6) is -1.02. The lowest BCUT2D eigenvalue weighted by molar-refractivity contribution is -0.137. The Balaban J connectivity index is 1.34. The van der Waals surface area contributed by atoms with Gasteiger partial charge in [0.05, 0.1) is 33.5 Å². The highest BCUT2D eigenvalue weighted by Gasteiger charge is 2.33. The van der Waals surface area contributed by atoms with Crippen LogP contribution in [0, 0.1) is 0 Å². The van der Waals surface area contributed by atoms with E-state index in [0.29, 0.717) is 39.6 Å². The molecule has 2 aromatic heterocycles. The van der Waals surface area contributed by atoms with Crippen molar-refractivity contribution in [1.29, 1.82) is 0 Å². The van der Waals surface area contributed by atoms with E-state index in [1.54, 1.807) is 42.9 Å². The summed E-state index contributed by atoms with van der Waals surface area (Å²) in [4.78, 5) is 38.7. The van der Waals surface area contributed by atoms with Crippen LogP contribution in [0.25, 0.3) is 22.3 Å². The van der Waals surface area contributed by atoms with Gasteiger partial charge in [0.1, 0.15) is 0 Å². The third-order valence-electron chi connectivity index (χ3n) is 5.70. The van der Waals surface area contributed by atoms with Crippen molar-refractivity contribution < 1.29 is 22.8 Å². The summed E-state index contributed by atoms with van der Waals surface area (Å²) in [6, 6.07) is 17.6. The molecular formula is C28H16ClF3N4O2. The number of hydrogen-bond donors (Lipinski definition) is 1. The van der Waals surface area contributed by atoms with Crippen LogP contribution in [0.3, 0.4) is 0 Å². The summed E-state index contributed by atoms with van der Waals surface area (Å²) in [5.41, 5.74) is 2.34. The van der Waals surface area contributed by atoms with Crippen molar-refractivity contribution in [2.75, 3.05) is 5.32 Å². The number of benzene rings is 3. The van der Waals surface area contributed by atoms with E-state index in [4.69, 9.17) is 11.6 Å². The van der Waals surface area contributed by atoms with Crippen molar-refractivity contribution in [3.63, 3.8) is 0 Å². The number of rotatable bonds is 5. The highest BCUT2D eigenvalue weighted by molar-refractivity contribution is 6.31. The summed E-state index contributed by atoms with van der Waals surface area (Å²) in [5, 5.41) is 2.03. The average molecular weight is 533 g/mol. The topological polar surface area (TPSA) is 84.8 Å². The first-order chi connectivity index (χ1) is 18.2. The molecule has 0 fully saturated rings. The van der Waals surface area contributed by atoms with Crippen LogP contribution in [-0.2, 0) is 6.18 Å². The molecule has 0 spiro atoms. The fourth-order valence-corrected chi connectivity index (χ4v) is 3.99. The maximum absolute atomic E-state index is 13.1. The third-order valence-corrected chi connectivity index (χ3v) is 6.03. The first kappa shape index (κ1) is 25.0. The normalized spacial score (nSPS) is 11.4. The molecule has 2 heterocycles. The van der Waals surface area contributed by atoms with Crippen LogP contribution < -0.4 is 5.32 Å². The number of carbonyl (C=O) groups excluding carboxylic acids is 2. The van der Waals surface area contributed by atoms with Gasteiger partial charge in [-0.25, -0.2) is 4.98 Å². The van der Waals surface area contributed by atoms with E-state index in [2.05, 4.69) is 20.3 Å². The fourth-order valence-electron chi connectivity index (χ4n) is 3.76. The van der Waals surface area contributed by atoms with Crippen molar-refractivity contribution >= 4 is 40.0 Å². The molecule has 10 heteroatoms. The van der Waals surface area contributed by atoms with Gasteiger partial charge in [0, 0.05) is 40.3 Å². The molecule has 6 nitrogen and oxygen atoms in total. The summed E-state index contributed by atoms with van der Waals surface area (Å²) < 4.78 is 39.3. The second-order valence-electron chi connectivity index (χ2n) is 8.25. The number of anilines is 1. The predicted molar refractivity (Wildman–Crippen MR) is 137 cm³/mol. The van der Waals surface area contributed by atoms with Gasteiger partial charge in [-0.3, -0.25) is 19.6 Å². The van der Waals surface area contributed by atoms with E-state index in [-0.39, 0.29) is 11.3 Å². The third kappa shape index (κ3) is 5.23. The molecule has 0 unspecified atom stereocenters. The molecule has 0 atom stereocenters. The SMILES string of the molecule is O=C(Nc1ccc(C(=O)c2ccc3ncc(-c4cccnc4)nc3c2)cc1)c1ccc(Cl)c(C(F)(F)F)c1. The largest absolute Gasteiger partial charge is 0.417 e. The van der Waals surface area contributed by atoms with Gasteiger partial charge in [-0.1, -0.05) is 11.6 Å². The summed E-state index contributed by atoms with van der Waals surface area (Å²) >= 11 is 5.62. The Morgan fingerprint density at radius 3 is 2.26 bits per heavy atom. The molecule has 38 heavy (non-hydrogen) atoms. The number of pyridine rings is 1. The summed E-state index contributed by atoms with van der Waals surface area (Å²) in [6.07, 6.45) is 0.284. The zero-order chi connectivity index (χ0) is 26.9. The zero-order valence-corrected chi connectivity index (χ0v) is 20.1. The Labute approximate surface area is 219 Å². The highest BCUT2D eigenvalue weighted by atomic mass is 35.5. The molecule has 0 bridgehead atoms. The number of aromatic nitrogens is 3. The van der Waals surface area contributed by atoms with E-state index in [9.17, 15) is 22.8 Å². The molecule has 188 valence electrons. The van der Waals surface area contributed by atoms with E-state index >= 15 is 0 Å². The number of fused-ring (bicyclic) bond motifs is 1. The molecule has 5 aromatic rings. The minimum atomic E-state index is -4.69. The Kier molecular flexibility index (Phi) is 6.61. The molecule has 3 aromatic carbocycles. The van der Waals surface area contributed by atoms with Crippen LogP contribution in [0.1, 0.15) is 31.8 Å². The number of hydrogen-bond acceptors (Lipinski definition) is 5. The Bertz CT molecular complexity index is 1670. The molecule has 0 aliphatic heterocycles. The van der Waals surface area contributed by atoms with Gasteiger partial charge in [-0.05, 0) is 72.8 Å². The Morgan fingerprint density at radius 2 is 1.55 bits per heavy atom. The molecule has 5 rings (SSSR count). The van der Waals surface area contributed by atoms with Gasteiger partial charge in [-0.15, -0.1) is 0 Å². The van der Waals surface area contributed by atoms with Crippen molar-refractivity contribution in [3.8, 4) is 11.3 Å². The number of alkyl halides is 3. The van der Waals surface area contributed by atoms with E-state index in [1.807, 2.05) is 6.07 Å². The van der Waals surface area contributed by atoms with Crippen LogP contribution in [0.4, 0.5) is 18.9 Å². The number of carbonyl (C=O) groups is 2. The van der Waals surface area contributed by atoms with Crippen molar-refractivity contribution in [2.24, 2.45) is 0 Å². The van der Waals surface area contributed by atoms with Gasteiger partial charge < -0.3 is 5.32 Å². The number of ketones is 1. The van der Waals surface area contributed by atoms with Crippen molar-refractivity contribution in [1.82, 2.24) is 15.0 Å². The molecule has 0 saturated carbocycles. The predicted octanol–water partition coefficient (Wildman–Crippen LogP) is 6.85. The number of nitrogens with zero attached hydrogens (tertiary/aromatic N) is 3. The lowest BCUT2D eigenvalue weighted by atomic mass is 10.0. The van der Waals surface area contributed by atoms with Crippen molar-refractivity contribution in [3.05, 3.63) is 119 Å². The summed E-state index contributed by atoms with van der Waals surface area (Å²) in [6.45, 7) is 0. The molecule has 1 amide bonds. The van der Waals surface area contributed by atoms with Gasteiger partial charge in [-0.2, -0.15) is 13.2 Å². The first-order valence-corrected chi connectivity index (χ1v) is 11.6. The van der Waals surface area contributed by atoms with E-state index in [1.165, 1.54) is 30.3 Å². The number of amides is 1. The first-order valence-electron chi connectivity index (χ1n) is 11.2. The average Bonchev–Trinajstić information content (AvgIpc) is 2.92. The van der Waals surface area contributed by atoms with Crippen LogP contribution in [0.15, 0.2) is 91.4 Å². The number of halogens is 4. The Hall–Kier alpha value is -4.63. The molecule has 0 radical (unpaired) electrons. The van der Waals surface area contributed by atoms with Crippen LogP contribution in [-0.4, -0.2) is 26.6 Å². The summed E-state index contributed by atoms with van der Waals surface area (Å²) in [7, 11) is 0. The lowest BCUT2D eigenvalue weighted by Crippen LogP contribution is -2.14. The van der Waals surface area contributed by atoms with Gasteiger partial charge >= 0.3 is 6.18 Å². The minimum Gasteiger partial charge on any atom is -0.322 e. The smallest absolute Gasteiger partial charge is 0.322 e. The number of nitrogens with one attached hydrogen (secondary N) is 1. The maximum Gasteiger partial charge on any atom is 0.417 e.